The second-order valence-corrected chi connectivity index (χ2v) is 6.36. The van der Waals surface area contributed by atoms with Crippen molar-refractivity contribution in [1.82, 2.24) is 4.98 Å². The van der Waals surface area contributed by atoms with Crippen molar-refractivity contribution in [1.29, 1.82) is 0 Å². The highest BCUT2D eigenvalue weighted by Gasteiger charge is 2.16. The van der Waals surface area contributed by atoms with E-state index >= 15 is 0 Å². The van der Waals surface area contributed by atoms with Gasteiger partial charge in [-0.3, -0.25) is 4.79 Å². The summed E-state index contributed by atoms with van der Waals surface area (Å²) in [7, 11) is 0. The molecule has 0 saturated carbocycles. The molecule has 0 radical (unpaired) electrons. The number of aromatic nitrogens is 1. The van der Waals surface area contributed by atoms with Gasteiger partial charge in [-0.1, -0.05) is 23.7 Å². The zero-order valence-corrected chi connectivity index (χ0v) is 13.9. The molecule has 24 heavy (non-hydrogen) atoms. The molecular formula is C17H11ClN2O3S. The summed E-state index contributed by atoms with van der Waals surface area (Å²) >= 11 is 7.39. The molecule has 7 heteroatoms. The molecule has 1 aliphatic rings. The Morgan fingerprint density at radius 2 is 2.04 bits per heavy atom. The third-order valence-corrected chi connectivity index (χ3v) is 4.57. The van der Waals surface area contributed by atoms with Crippen molar-refractivity contribution in [2.24, 2.45) is 0 Å². The van der Waals surface area contributed by atoms with Gasteiger partial charge < -0.3 is 14.8 Å². The van der Waals surface area contributed by atoms with Gasteiger partial charge in [0, 0.05) is 27.7 Å². The van der Waals surface area contributed by atoms with E-state index in [-0.39, 0.29) is 12.7 Å². The quantitative estimate of drug-likeness (QED) is 0.751. The Labute approximate surface area is 146 Å². The molecule has 5 nitrogen and oxygen atoms in total. The Bertz CT molecular complexity index is 926. The van der Waals surface area contributed by atoms with Gasteiger partial charge in [-0.15, -0.1) is 11.3 Å². The van der Waals surface area contributed by atoms with Crippen LogP contribution in [0.2, 0.25) is 5.02 Å². The molecule has 120 valence electrons. The average molecular weight is 359 g/mol. The maximum absolute atomic E-state index is 12.4. The standard InChI is InChI=1S/C17H11ClN2O3S/c18-11-3-1-2-10(6-11)17-20-13(8-24-17)16(21)19-12-4-5-14-15(7-12)23-9-22-14/h1-8H,9H2,(H,19,21). The molecular weight excluding hydrogens is 348 g/mol. The number of ether oxygens (including phenoxy) is 2. The number of nitrogens with zero attached hydrogens (tertiary/aromatic N) is 1. The Morgan fingerprint density at radius 3 is 2.92 bits per heavy atom. The van der Waals surface area contributed by atoms with Crippen molar-refractivity contribution >= 4 is 34.5 Å². The van der Waals surface area contributed by atoms with Crippen LogP contribution in [0.4, 0.5) is 5.69 Å². The number of carbonyl (C=O) groups is 1. The first-order valence-electron chi connectivity index (χ1n) is 7.11. The third kappa shape index (κ3) is 2.93. The van der Waals surface area contributed by atoms with E-state index in [1.165, 1.54) is 11.3 Å². The number of hydrogen-bond donors (Lipinski definition) is 1. The van der Waals surface area contributed by atoms with Gasteiger partial charge in [0.05, 0.1) is 0 Å². The second-order valence-electron chi connectivity index (χ2n) is 5.07. The SMILES string of the molecule is O=C(Nc1ccc2c(c1)OCO2)c1csc(-c2cccc(Cl)c2)n1. The summed E-state index contributed by atoms with van der Waals surface area (Å²) in [6.45, 7) is 0.196. The number of benzene rings is 2. The fourth-order valence-corrected chi connectivity index (χ4v) is 3.29. The van der Waals surface area contributed by atoms with Crippen molar-refractivity contribution in [2.75, 3.05) is 12.1 Å². The zero-order chi connectivity index (χ0) is 16.5. The molecule has 4 rings (SSSR count). The van der Waals surface area contributed by atoms with E-state index in [9.17, 15) is 4.79 Å². The average Bonchev–Trinajstić information content (AvgIpc) is 3.24. The molecule has 0 unspecified atom stereocenters. The molecule has 2 aromatic carbocycles. The molecule has 0 spiro atoms. The van der Waals surface area contributed by atoms with Crippen LogP contribution in [-0.2, 0) is 0 Å². The topological polar surface area (TPSA) is 60.5 Å². The predicted molar refractivity (Wildman–Crippen MR) is 93.1 cm³/mol. The lowest BCUT2D eigenvalue weighted by atomic mass is 10.2. The van der Waals surface area contributed by atoms with E-state index in [1.807, 2.05) is 18.2 Å². The number of fused-ring (bicyclic) bond motifs is 1. The minimum atomic E-state index is -0.279. The van der Waals surface area contributed by atoms with Crippen LogP contribution in [-0.4, -0.2) is 17.7 Å². The fourth-order valence-electron chi connectivity index (χ4n) is 2.30. The van der Waals surface area contributed by atoms with E-state index in [0.29, 0.717) is 27.9 Å². The number of carbonyl (C=O) groups excluding carboxylic acids is 1. The first kappa shape index (κ1) is 15.0. The minimum Gasteiger partial charge on any atom is -0.454 e. The predicted octanol–water partition coefficient (Wildman–Crippen LogP) is 4.44. The highest BCUT2D eigenvalue weighted by atomic mass is 35.5. The van der Waals surface area contributed by atoms with Crippen LogP contribution >= 0.6 is 22.9 Å². The van der Waals surface area contributed by atoms with E-state index in [4.69, 9.17) is 21.1 Å². The summed E-state index contributed by atoms with van der Waals surface area (Å²) in [6, 6.07) is 12.6. The third-order valence-electron chi connectivity index (χ3n) is 3.44. The normalized spacial score (nSPS) is 12.2. The van der Waals surface area contributed by atoms with Gasteiger partial charge in [0.2, 0.25) is 6.79 Å². The summed E-state index contributed by atoms with van der Waals surface area (Å²) in [5.41, 5.74) is 1.86. The zero-order valence-electron chi connectivity index (χ0n) is 12.3. The van der Waals surface area contributed by atoms with Gasteiger partial charge in [0.25, 0.3) is 5.91 Å². The van der Waals surface area contributed by atoms with Gasteiger partial charge in [0.15, 0.2) is 11.5 Å². The minimum absolute atomic E-state index is 0.196. The van der Waals surface area contributed by atoms with Crippen molar-refractivity contribution < 1.29 is 14.3 Å². The first-order valence-corrected chi connectivity index (χ1v) is 8.37. The highest BCUT2D eigenvalue weighted by molar-refractivity contribution is 7.13. The lowest BCUT2D eigenvalue weighted by Crippen LogP contribution is -2.12. The molecule has 1 N–H and O–H groups in total. The maximum atomic E-state index is 12.4. The van der Waals surface area contributed by atoms with E-state index < -0.39 is 0 Å². The van der Waals surface area contributed by atoms with Crippen LogP contribution in [0.1, 0.15) is 10.5 Å². The molecule has 1 aliphatic heterocycles. The molecule has 0 fully saturated rings. The highest BCUT2D eigenvalue weighted by Crippen LogP contribution is 2.34. The number of hydrogen-bond acceptors (Lipinski definition) is 5. The van der Waals surface area contributed by atoms with Crippen molar-refractivity contribution in [3.63, 3.8) is 0 Å². The van der Waals surface area contributed by atoms with Gasteiger partial charge in [-0.2, -0.15) is 0 Å². The Hall–Kier alpha value is -2.57. The monoisotopic (exact) mass is 358 g/mol. The second kappa shape index (κ2) is 6.14. The molecule has 0 bridgehead atoms. The summed E-state index contributed by atoms with van der Waals surface area (Å²) in [5.74, 6) is 1.01. The lowest BCUT2D eigenvalue weighted by molar-refractivity contribution is 0.102. The number of nitrogens with one attached hydrogen (secondary N) is 1. The number of thiazole rings is 1. The summed E-state index contributed by atoms with van der Waals surface area (Å²) in [6.07, 6.45) is 0. The van der Waals surface area contributed by atoms with Gasteiger partial charge >= 0.3 is 0 Å². The Morgan fingerprint density at radius 1 is 1.17 bits per heavy atom. The van der Waals surface area contributed by atoms with Crippen molar-refractivity contribution in [2.45, 2.75) is 0 Å². The van der Waals surface area contributed by atoms with Crippen LogP contribution in [0, 0.1) is 0 Å². The number of halogens is 1. The van der Waals surface area contributed by atoms with Crippen molar-refractivity contribution in [3.05, 3.63) is 58.6 Å². The molecule has 3 aromatic rings. The number of amides is 1. The van der Waals surface area contributed by atoms with Gasteiger partial charge in [-0.05, 0) is 24.3 Å². The maximum Gasteiger partial charge on any atom is 0.275 e. The van der Waals surface area contributed by atoms with E-state index in [1.54, 1.807) is 29.6 Å². The lowest BCUT2D eigenvalue weighted by Gasteiger charge is -2.04. The molecule has 1 aromatic heterocycles. The summed E-state index contributed by atoms with van der Waals surface area (Å²) < 4.78 is 10.5. The fraction of sp³-hybridized carbons (Fsp3) is 0.0588. The van der Waals surface area contributed by atoms with Crippen molar-refractivity contribution in [3.8, 4) is 22.1 Å². The molecule has 0 atom stereocenters. The summed E-state index contributed by atoms with van der Waals surface area (Å²) in [5, 5.41) is 5.91. The Kier molecular flexibility index (Phi) is 3.84. The molecule has 1 amide bonds. The molecule has 2 heterocycles. The van der Waals surface area contributed by atoms with Crippen LogP contribution in [0.3, 0.4) is 0 Å². The van der Waals surface area contributed by atoms with Gasteiger partial charge in [-0.25, -0.2) is 4.98 Å². The molecule has 0 saturated heterocycles. The first-order chi connectivity index (χ1) is 11.7. The van der Waals surface area contributed by atoms with E-state index in [0.717, 1.165) is 10.6 Å². The number of rotatable bonds is 3. The van der Waals surface area contributed by atoms with Crippen LogP contribution in [0.15, 0.2) is 47.8 Å². The van der Waals surface area contributed by atoms with Crippen LogP contribution < -0.4 is 14.8 Å². The van der Waals surface area contributed by atoms with Crippen LogP contribution in [0.25, 0.3) is 10.6 Å². The largest absolute Gasteiger partial charge is 0.454 e. The molecule has 0 aliphatic carbocycles. The Balaban J connectivity index is 1.53. The smallest absolute Gasteiger partial charge is 0.275 e. The van der Waals surface area contributed by atoms with Gasteiger partial charge in [0.1, 0.15) is 10.7 Å². The number of anilines is 1. The summed E-state index contributed by atoms with van der Waals surface area (Å²) in [4.78, 5) is 16.7. The van der Waals surface area contributed by atoms with E-state index in [2.05, 4.69) is 10.3 Å². The van der Waals surface area contributed by atoms with Crippen LogP contribution in [0.5, 0.6) is 11.5 Å².